The van der Waals surface area contributed by atoms with Crippen molar-refractivity contribution in [1.82, 2.24) is 15.2 Å². The van der Waals surface area contributed by atoms with Crippen molar-refractivity contribution >= 4 is 12.0 Å². The van der Waals surface area contributed by atoms with Gasteiger partial charge >= 0.3 is 0 Å². The summed E-state index contributed by atoms with van der Waals surface area (Å²) < 4.78 is 0. The first-order valence-electron chi connectivity index (χ1n) is 14.5. The van der Waals surface area contributed by atoms with E-state index >= 15 is 0 Å². The van der Waals surface area contributed by atoms with Crippen molar-refractivity contribution in [1.29, 1.82) is 0 Å². The molecule has 1 amide bonds. The number of piperidine rings is 1. The van der Waals surface area contributed by atoms with Crippen molar-refractivity contribution in [3.05, 3.63) is 108 Å². The summed E-state index contributed by atoms with van der Waals surface area (Å²) in [6, 6.07) is 28.0. The molecule has 1 saturated heterocycles. The number of benzene rings is 2. The third-order valence-corrected chi connectivity index (χ3v) is 7.68. The molecule has 1 aromatic heterocycles. The van der Waals surface area contributed by atoms with E-state index in [1.54, 1.807) is 18.3 Å². The number of amides is 1. The van der Waals surface area contributed by atoms with E-state index in [1.165, 1.54) is 75.6 Å². The van der Waals surface area contributed by atoms with Crippen molar-refractivity contribution in [2.75, 3.05) is 19.6 Å². The molecule has 4 nitrogen and oxygen atoms in total. The molecule has 0 unspecified atom stereocenters. The van der Waals surface area contributed by atoms with Crippen LogP contribution in [0.2, 0.25) is 0 Å². The number of aromatic nitrogens is 1. The van der Waals surface area contributed by atoms with E-state index in [2.05, 4.69) is 75.9 Å². The lowest BCUT2D eigenvalue weighted by atomic mass is 9.88. The molecule has 1 aliphatic rings. The van der Waals surface area contributed by atoms with E-state index in [0.29, 0.717) is 6.04 Å². The van der Waals surface area contributed by atoms with Gasteiger partial charge in [0.25, 0.3) is 0 Å². The fourth-order valence-corrected chi connectivity index (χ4v) is 5.56. The SMILES string of the molecule is O=C(C=Cc1ccccn1)NCCCCCCCCC1CCN(C(c2ccccc2)c2ccccc2)CC1. The summed E-state index contributed by atoms with van der Waals surface area (Å²) in [5, 5.41) is 2.97. The molecular formula is C34H43N3O. The van der Waals surface area contributed by atoms with Crippen LogP contribution < -0.4 is 5.32 Å². The lowest BCUT2D eigenvalue weighted by Crippen LogP contribution is -2.37. The Labute approximate surface area is 229 Å². The molecule has 0 bridgehead atoms. The minimum atomic E-state index is -0.0411. The molecule has 38 heavy (non-hydrogen) atoms. The van der Waals surface area contributed by atoms with Crippen LogP contribution in [0.1, 0.15) is 80.7 Å². The first-order valence-corrected chi connectivity index (χ1v) is 14.5. The van der Waals surface area contributed by atoms with Gasteiger partial charge in [-0.1, -0.05) is 105 Å². The van der Waals surface area contributed by atoms with Crippen LogP contribution in [0.15, 0.2) is 91.1 Å². The maximum atomic E-state index is 11.9. The Kier molecular flexibility index (Phi) is 11.6. The van der Waals surface area contributed by atoms with Gasteiger partial charge in [0.15, 0.2) is 0 Å². The lowest BCUT2D eigenvalue weighted by molar-refractivity contribution is -0.116. The summed E-state index contributed by atoms with van der Waals surface area (Å²) in [4.78, 5) is 18.8. The summed E-state index contributed by atoms with van der Waals surface area (Å²) in [5.74, 6) is 0.827. The van der Waals surface area contributed by atoms with E-state index in [1.807, 2.05) is 18.2 Å². The van der Waals surface area contributed by atoms with Crippen molar-refractivity contribution in [3.63, 3.8) is 0 Å². The van der Waals surface area contributed by atoms with Gasteiger partial charge in [-0.3, -0.25) is 14.7 Å². The van der Waals surface area contributed by atoms with Gasteiger partial charge < -0.3 is 5.32 Å². The number of nitrogens with one attached hydrogen (secondary N) is 1. The van der Waals surface area contributed by atoms with Crippen LogP contribution in [0.3, 0.4) is 0 Å². The van der Waals surface area contributed by atoms with Gasteiger partial charge in [0.1, 0.15) is 0 Å². The number of carbonyl (C=O) groups excluding carboxylic acids is 1. The zero-order valence-electron chi connectivity index (χ0n) is 22.7. The predicted molar refractivity (Wildman–Crippen MR) is 158 cm³/mol. The number of carbonyl (C=O) groups is 1. The van der Waals surface area contributed by atoms with Crippen LogP contribution in [0.25, 0.3) is 6.08 Å². The summed E-state index contributed by atoms with van der Waals surface area (Å²) >= 11 is 0. The summed E-state index contributed by atoms with van der Waals surface area (Å²) in [6.07, 6.45) is 16.5. The fourth-order valence-electron chi connectivity index (χ4n) is 5.56. The number of nitrogens with zero attached hydrogens (tertiary/aromatic N) is 2. The van der Waals surface area contributed by atoms with Crippen molar-refractivity contribution in [3.8, 4) is 0 Å². The van der Waals surface area contributed by atoms with Gasteiger partial charge in [-0.05, 0) is 67.6 Å². The van der Waals surface area contributed by atoms with E-state index in [9.17, 15) is 4.79 Å². The van der Waals surface area contributed by atoms with Gasteiger partial charge in [0.2, 0.25) is 5.91 Å². The van der Waals surface area contributed by atoms with Crippen molar-refractivity contribution in [2.45, 2.75) is 63.8 Å². The Morgan fingerprint density at radius 2 is 1.42 bits per heavy atom. The van der Waals surface area contributed by atoms with Crippen LogP contribution in [-0.4, -0.2) is 35.4 Å². The molecule has 2 aromatic carbocycles. The second-order valence-electron chi connectivity index (χ2n) is 10.5. The monoisotopic (exact) mass is 509 g/mol. The van der Waals surface area contributed by atoms with Crippen LogP contribution in [-0.2, 0) is 4.79 Å². The highest BCUT2D eigenvalue weighted by Crippen LogP contribution is 2.33. The molecule has 1 fully saturated rings. The summed E-state index contributed by atoms with van der Waals surface area (Å²) in [7, 11) is 0. The van der Waals surface area contributed by atoms with Crippen LogP contribution in [0.4, 0.5) is 0 Å². The topological polar surface area (TPSA) is 45.2 Å². The highest BCUT2D eigenvalue weighted by Gasteiger charge is 2.27. The van der Waals surface area contributed by atoms with Crippen LogP contribution in [0.5, 0.6) is 0 Å². The second-order valence-corrected chi connectivity index (χ2v) is 10.5. The smallest absolute Gasteiger partial charge is 0.244 e. The Hall–Kier alpha value is -3.24. The second kappa shape index (κ2) is 15.9. The zero-order chi connectivity index (χ0) is 26.3. The highest BCUT2D eigenvalue weighted by molar-refractivity contribution is 5.91. The molecule has 200 valence electrons. The first-order chi connectivity index (χ1) is 18.8. The Morgan fingerprint density at radius 1 is 0.816 bits per heavy atom. The zero-order valence-corrected chi connectivity index (χ0v) is 22.7. The van der Waals surface area contributed by atoms with Gasteiger partial charge in [-0.25, -0.2) is 0 Å². The molecule has 4 rings (SSSR count). The number of unbranched alkanes of at least 4 members (excludes halogenated alkanes) is 5. The molecule has 0 aliphatic carbocycles. The normalized spacial score (nSPS) is 14.8. The third-order valence-electron chi connectivity index (χ3n) is 7.68. The fraction of sp³-hybridized carbons (Fsp3) is 0.412. The van der Waals surface area contributed by atoms with Gasteiger partial charge in [-0.2, -0.15) is 0 Å². The molecule has 1 N–H and O–H groups in total. The molecule has 3 aromatic rings. The quantitative estimate of drug-likeness (QED) is 0.181. The minimum Gasteiger partial charge on any atom is -0.353 e. The summed E-state index contributed by atoms with van der Waals surface area (Å²) in [6.45, 7) is 3.11. The van der Waals surface area contributed by atoms with Crippen LogP contribution >= 0.6 is 0 Å². The molecule has 4 heteroatoms. The standard InChI is InChI=1S/C34H43N3O/c38-33(22-21-32-20-12-14-25-35-32)36-26-13-4-2-1-3-7-15-29-23-27-37(28-24-29)34(30-16-8-5-9-17-30)31-18-10-6-11-19-31/h5-6,8-12,14,16-22,25,29,34H,1-4,7,13,15,23-24,26-28H2,(H,36,38). The van der Waals surface area contributed by atoms with Gasteiger partial charge in [-0.15, -0.1) is 0 Å². The van der Waals surface area contributed by atoms with Crippen molar-refractivity contribution in [2.24, 2.45) is 5.92 Å². The number of hydrogen-bond donors (Lipinski definition) is 1. The van der Waals surface area contributed by atoms with E-state index in [4.69, 9.17) is 0 Å². The lowest BCUT2D eigenvalue weighted by Gasteiger charge is -2.38. The molecule has 1 aliphatic heterocycles. The molecule has 0 radical (unpaired) electrons. The molecule has 0 saturated carbocycles. The maximum absolute atomic E-state index is 11.9. The Bertz CT molecular complexity index is 1040. The average Bonchev–Trinajstić information content (AvgIpc) is 2.98. The predicted octanol–water partition coefficient (Wildman–Crippen LogP) is 7.44. The minimum absolute atomic E-state index is 0.0411. The van der Waals surface area contributed by atoms with Crippen molar-refractivity contribution < 1.29 is 4.79 Å². The van der Waals surface area contributed by atoms with Gasteiger partial charge in [0.05, 0.1) is 11.7 Å². The Morgan fingerprint density at radius 3 is 2.05 bits per heavy atom. The highest BCUT2D eigenvalue weighted by atomic mass is 16.1. The third kappa shape index (κ3) is 9.25. The largest absolute Gasteiger partial charge is 0.353 e. The molecule has 0 spiro atoms. The van der Waals surface area contributed by atoms with Gasteiger partial charge in [0, 0.05) is 18.8 Å². The maximum Gasteiger partial charge on any atom is 0.244 e. The number of likely N-dealkylation sites (tertiary alicyclic amines) is 1. The number of rotatable bonds is 14. The van der Waals surface area contributed by atoms with E-state index in [-0.39, 0.29) is 5.91 Å². The summed E-state index contributed by atoms with van der Waals surface area (Å²) in [5.41, 5.74) is 3.60. The average molecular weight is 510 g/mol. The Balaban J connectivity index is 1.06. The number of pyridine rings is 1. The van der Waals surface area contributed by atoms with E-state index in [0.717, 1.165) is 24.6 Å². The van der Waals surface area contributed by atoms with Crippen LogP contribution in [0, 0.1) is 5.92 Å². The molecular weight excluding hydrogens is 466 g/mol. The number of hydrogen-bond acceptors (Lipinski definition) is 3. The molecule has 2 heterocycles. The van der Waals surface area contributed by atoms with E-state index < -0.39 is 0 Å². The molecule has 0 atom stereocenters. The first kappa shape index (κ1) is 27.8.